The van der Waals surface area contributed by atoms with E-state index in [1.165, 1.54) is 0 Å². The molecule has 0 saturated heterocycles. The van der Waals surface area contributed by atoms with Crippen LogP contribution in [0.2, 0.25) is 0 Å². The number of carbonyl (C=O) groups excluding carboxylic acids is 1. The SMILES string of the molecule is CC1=NC/C(=C\O)C1=O. The highest BCUT2D eigenvalue weighted by Gasteiger charge is 2.18. The molecule has 0 aromatic carbocycles. The van der Waals surface area contributed by atoms with E-state index < -0.39 is 0 Å². The zero-order valence-corrected chi connectivity index (χ0v) is 5.09. The van der Waals surface area contributed by atoms with E-state index in [0.29, 0.717) is 17.8 Å². The van der Waals surface area contributed by atoms with E-state index in [0.717, 1.165) is 6.26 Å². The summed E-state index contributed by atoms with van der Waals surface area (Å²) in [5, 5.41) is 8.40. The number of aliphatic hydroxyl groups excluding tert-OH is 1. The average molecular weight is 125 g/mol. The molecule has 48 valence electrons. The van der Waals surface area contributed by atoms with Gasteiger partial charge < -0.3 is 5.11 Å². The minimum absolute atomic E-state index is 0.141. The molecule has 0 aliphatic carbocycles. The molecular formula is C6H7NO2. The lowest BCUT2D eigenvalue weighted by Gasteiger charge is -1.85. The molecule has 0 fully saturated rings. The zero-order chi connectivity index (χ0) is 6.85. The molecule has 0 aromatic heterocycles. The van der Waals surface area contributed by atoms with Crippen molar-refractivity contribution in [2.75, 3.05) is 6.54 Å². The Hall–Kier alpha value is -1.12. The van der Waals surface area contributed by atoms with Crippen molar-refractivity contribution >= 4 is 11.5 Å². The minimum atomic E-state index is -0.141. The van der Waals surface area contributed by atoms with Crippen molar-refractivity contribution in [2.45, 2.75) is 6.92 Å². The summed E-state index contributed by atoms with van der Waals surface area (Å²) in [5.74, 6) is -0.141. The standard InChI is InChI=1S/C6H7NO2/c1-4-6(9)5(3-8)2-7-4/h3,8H,2H2,1H3/b5-3+. The first-order valence-corrected chi connectivity index (χ1v) is 2.64. The molecule has 1 N–H and O–H groups in total. The van der Waals surface area contributed by atoms with Gasteiger partial charge in [-0.2, -0.15) is 0 Å². The summed E-state index contributed by atoms with van der Waals surface area (Å²) in [6.45, 7) is 1.97. The Balaban J connectivity index is 2.86. The maximum Gasteiger partial charge on any atom is 0.207 e. The number of ketones is 1. The van der Waals surface area contributed by atoms with Crippen LogP contribution in [0.1, 0.15) is 6.92 Å². The van der Waals surface area contributed by atoms with E-state index in [1.54, 1.807) is 6.92 Å². The molecule has 3 heteroatoms. The molecule has 1 aliphatic heterocycles. The summed E-state index contributed by atoms with van der Waals surface area (Å²) in [6, 6.07) is 0. The number of hydrogen-bond donors (Lipinski definition) is 1. The number of carbonyl (C=O) groups is 1. The second kappa shape index (κ2) is 2.01. The molecule has 9 heavy (non-hydrogen) atoms. The van der Waals surface area contributed by atoms with E-state index in [4.69, 9.17) is 5.11 Å². The molecule has 0 unspecified atom stereocenters. The number of hydrogen-bond acceptors (Lipinski definition) is 3. The van der Waals surface area contributed by atoms with Crippen molar-refractivity contribution in [1.82, 2.24) is 0 Å². The molecule has 0 amide bonds. The predicted octanol–water partition coefficient (Wildman–Crippen LogP) is 0.472. The van der Waals surface area contributed by atoms with Crippen molar-refractivity contribution < 1.29 is 9.90 Å². The van der Waals surface area contributed by atoms with Gasteiger partial charge in [0.2, 0.25) is 5.78 Å². The number of nitrogens with zero attached hydrogens (tertiary/aromatic N) is 1. The normalized spacial score (nSPS) is 23.0. The lowest BCUT2D eigenvalue weighted by atomic mass is 10.2. The van der Waals surface area contributed by atoms with Crippen LogP contribution in [0.3, 0.4) is 0 Å². The molecule has 0 spiro atoms. The van der Waals surface area contributed by atoms with Crippen LogP contribution in [0.4, 0.5) is 0 Å². The fourth-order valence-electron chi connectivity index (χ4n) is 0.679. The van der Waals surface area contributed by atoms with E-state index in [9.17, 15) is 4.79 Å². The third-order valence-corrected chi connectivity index (χ3v) is 1.26. The van der Waals surface area contributed by atoms with E-state index >= 15 is 0 Å². The van der Waals surface area contributed by atoms with E-state index in [-0.39, 0.29) is 5.78 Å². The van der Waals surface area contributed by atoms with Crippen molar-refractivity contribution in [2.24, 2.45) is 4.99 Å². The Labute approximate surface area is 52.7 Å². The highest BCUT2D eigenvalue weighted by molar-refractivity contribution is 6.46. The minimum Gasteiger partial charge on any atom is -0.515 e. The van der Waals surface area contributed by atoms with Crippen molar-refractivity contribution in [3.8, 4) is 0 Å². The lowest BCUT2D eigenvalue weighted by molar-refractivity contribution is -0.109. The summed E-state index contributed by atoms with van der Waals surface area (Å²) in [6.07, 6.45) is 0.822. The molecule has 0 saturated carbocycles. The highest BCUT2D eigenvalue weighted by atomic mass is 16.2. The van der Waals surface area contributed by atoms with Gasteiger partial charge in [0.1, 0.15) is 0 Å². The maximum absolute atomic E-state index is 10.8. The van der Waals surface area contributed by atoms with Crippen LogP contribution in [-0.4, -0.2) is 23.1 Å². The quantitative estimate of drug-likeness (QED) is 0.378. The Morgan fingerprint density at radius 3 is 2.67 bits per heavy atom. The number of aliphatic hydroxyl groups is 1. The Morgan fingerprint density at radius 2 is 2.44 bits per heavy atom. The predicted molar refractivity (Wildman–Crippen MR) is 33.7 cm³/mol. The molecule has 3 nitrogen and oxygen atoms in total. The van der Waals surface area contributed by atoms with Gasteiger partial charge in [0.25, 0.3) is 0 Å². The van der Waals surface area contributed by atoms with Gasteiger partial charge in [0, 0.05) is 0 Å². The van der Waals surface area contributed by atoms with Gasteiger partial charge in [0.15, 0.2) is 0 Å². The zero-order valence-electron chi connectivity index (χ0n) is 5.09. The molecule has 0 aromatic rings. The number of aliphatic imine (C=N–C) groups is 1. The largest absolute Gasteiger partial charge is 0.515 e. The Kier molecular flexibility index (Phi) is 1.34. The van der Waals surface area contributed by atoms with Gasteiger partial charge in [-0.15, -0.1) is 0 Å². The number of Topliss-reactive ketones (excluding diaryl/α,β-unsaturated/α-hetero) is 1. The fraction of sp³-hybridized carbons (Fsp3) is 0.333. The molecule has 0 radical (unpaired) electrons. The van der Waals surface area contributed by atoms with Crippen LogP contribution >= 0.6 is 0 Å². The summed E-state index contributed by atoms with van der Waals surface area (Å²) in [5.41, 5.74) is 0.864. The van der Waals surface area contributed by atoms with Crippen LogP contribution in [0, 0.1) is 0 Å². The first kappa shape index (κ1) is 6.01. The monoisotopic (exact) mass is 125 g/mol. The van der Waals surface area contributed by atoms with E-state index in [1.807, 2.05) is 0 Å². The topological polar surface area (TPSA) is 49.7 Å². The van der Waals surface area contributed by atoms with Crippen LogP contribution < -0.4 is 0 Å². The van der Waals surface area contributed by atoms with Gasteiger partial charge in [0.05, 0.1) is 24.1 Å². The molecule has 1 aliphatic rings. The second-order valence-corrected chi connectivity index (χ2v) is 1.89. The van der Waals surface area contributed by atoms with Gasteiger partial charge in [-0.1, -0.05) is 0 Å². The molecular weight excluding hydrogens is 118 g/mol. The summed E-state index contributed by atoms with van der Waals surface area (Å²) in [7, 11) is 0. The molecule has 0 bridgehead atoms. The summed E-state index contributed by atoms with van der Waals surface area (Å²) < 4.78 is 0. The summed E-state index contributed by atoms with van der Waals surface area (Å²) >= 11 is 0. The smallest absolute Gasteiger partial charge is 0.207 e. The van der Waals surface area contributed by atoms with Gasteiger partial charge in [-0.3, -0.25) is 9.79 Å². The number of rotatable bonds is 0. The first-order valence-electron chi connectivity index (χ1n) is 2.64. The van der Waals surface area contributed by atoms with Crippen LogP contribution in [0.5, 0.6) is 0 Å². The maximum atomic E-state index is 10.8. The Bertz CT molecular complexity index is 203. The third-order valence-electron chi connectivity index (χ3n) is 1.26. The van der Waals surface area contributed by atoms with Crippen molar-refractivity contribution in [3.63, 3.8) is 0 Å². The second-order valence-electron chi connectivity index (χ2n) is 1.89. The van der Waals surface area contributed by atoms with Crippen LogP contribution in [0.15, 0.2) is 16.8 Å². The van der Waals surface area contributed by atoms with Crippen molar-refractivity contribution in [3.05, 3.63) is 11.8 Å². The fourth-order valence-corrected chi connectivity index (χ4v) is 0.679. The molecule has 1 heterocycles. The van der Waals surface area contributed by atoms with Crippen LogP contribution in [0.25, 0.3) is 0 Å². The molecule has 1 rings (SSSR count). The van der Waals surface area contributed by atoms with Gasteiger partial charge in [-0.05, 0) is 6.92 Å². The van der Waals surface area contributed by atoms with Gasteiger partial charge in [-0.25, -0.2) is 0 Å². The highest BCUT2D eigenvalue weighted by Crippen LogP contribution is 2.05. The van der Waals surface area contributed by atoms with E-state index in [2.05, 4.69) is 4.99 Å². The Morgan fingerprint density at radius 1 is 1.78 bits per heavy atom. The van der Waals surface area contributed by atoms with Crippen molar-refractivity contribution in [1.29, 1.82) is 0 Å². The van der Waals surface area contributed by atoms with Crippen LogP contribution in [-0.2, 0) is 4.79 Å². The van der Waals surface area contributed by atoms with Gasteiger partial charge >= 0.3 is 0 Å². The molecule has 0 atom stereocenters. The first-order chi connectivity index (χ1) is 4.25. The average Bonchev–Trinajstić information content (AvgIpc) is 2.15. The summed E-state index contributed by atoms with van der Waals surface area (Å²) in [4.78, 5) is 14.6. The lowest BCUT2D eigenvalue weighted by Crippen LogP contribution is -2.05. The third kappa shape index (κ3) is 0.850.